The van der Waals surface area contributed by atoms with Gasteiger partial charge in [-0.15, -0.1) is 0 Å². The second-order valence-corrected chi connectivity index (χ2v) is 3.94. The molecule has 2 rings (SSSR count). The van der Waals surface area contributed by atoms with Gasteiger partial charge in [0.2, 0.25) is 5.82 Å². The van der Waals surface area contributed by atoms with Crippen molar-refractivity contribution in [3.8, 4) is 0 Å². The molecule has 0 atom stereocenters. The molecule has 4 heteroatoms. The van der Waals surface area contributed by atoms with E-state index in [0.717, 1.165) is 5.82 Å². The Morgan fingerprint density at radius 1 is 1.36 bits per heavy atom. The first-order chi connectivity index (χ1) is 6.77. The molecule has 1 aliphatic rings. The minimum atomic E-state index is -0.0664. The minimum absolute atomic E-state index is 0.0664. The van der Waals surface area contributed by atoms with Gasteiger partial charge in [-0.05, 0) is 12.8 Å². The Morgan fingerprint density at radius 3 is 2.64 bits per heavy atom. The third kappa shape index (κ3) is 1.84. The normalized spacial score (nSPS) is 18.4. The number of nitrogens with zero attached hydrogens (tertiary/aromatic N) is 2. The highest BCUT2D eigenvalue weighted by Gasteiger charge is 2.19. The van der Waals surface area contributed by atoms with Crippen LogP contribution in [0.2, 0.25) is 0 Å². The van der Waals surface area contributed by atoms with Gasteiger partial charge in [0.25, 0.3) is 0 Å². The number of aromatic amines is 1. The first-order valence-corrected chi connectivity index (χ1v) is 5.20. The standard InChI is InChI=1S/C10H15N3O/c1-7(14)9-11-10(13-12-9)8-5-3-2-4-6-8/h8H,2-6H2,1H3,(H,11,12,13). The number of nitrogens with one attached hydrogen (secondary N) is 1. The fraction of sp³-hybridized carbons (Fsp3) is 0.700. The number of Topliss-reactive ketones (excluding diaryl/α,β-unsaturated/α-hetero) is 1. The molecule has 1 heterocycles. The summed E-state index contributed by atoms with van der Waals surface area (Å²) in [6.07, 6.45) is 6.20. The van der Waals surface area contributed by atoms with Gasteiger partial charge in [0.15, 0.2) is 5.78 Å². The summed E-state index contributed by atoms with van der Waals surface area (Å²) in [6.45, 7) is 1.49. The van der Waals surface area contributed by atoms with Crippen molar-refractivity contribution in [1.82, 2.24) is 15.2 Å². The lowest BCUT2D eigenvalue weighted by Crippen LogP contribution is -2.06. The smallest absolute Gasteiger partial charge is 0.216 e. The number of H-pyrrole nitrogens is 1. The maximum Gasteiger partial charge on any atom is 0.216 e. The van der Waals surface area contributed by atoms with E-state index in [1.54, 1.807) is 0 Å². The van der Waals surface area contributed by atoms with Gasteiger partial charge < -0.3 is 0 Å². The van der Waals surface area contributed by atoms with Crippen molar-refractivity contribution in [2.75, 3.05) is 0 Å². The Kier molecular flexibility index (Phi) is 2.61. The van der Waals surface area contributed by atoms with E-state index in [4.69, 9.17) is 0 Å². The van der Waals surface area contributed by atoms with Crippen LogP contribution in [0.15, 0.2) is 0 Å². The molecule has 0 unspecified atom stereocenters. The predicted molar refractivity (Wildman–Crippen MR) is 52.2 cm³/mol. The zero-order valence-electron chi connectivity index (χ0n) is 8.42. The second-order valence-electron chi connectivity index (χ2n) is 3.94. The summed E-state index contributed by atoms with van der Waals surface area (Å²) in [5.41, 5.74) is 0. The van der Waals surface area contributed by atoms with Crippen LogP contribution in [-0.2, 0) is 0 Å². The van der Waals surface area contributed by atoms with Crippen molar-refractivity contribution >= 4 is 5.78 Å². The lowest BCUT2D eigenvalue weighted by atomic mass is 9.89. The number of ketones is 1. The molecule has 0 radical (unpaired) electrons. The molecule has 4 nitrogen and oxygen atoms in total. The zero-order valence-corrected chi connectivity index (χ0v) is 8.42. The van der Waals surface area contributed by atoms with Crippen LogP contribution in [0.1, 0.15) is 61.4 Å². The molecule has 1 N–H and O–H groups in total. The summed E-state index contributed by atoms with van der Waals surface area (Å²) in [4.78, 5) is 15.2. The summed E-state index contributed by atoms with van der Waals surface area (Å²) in [5, 5.41) is 6.78. The van der Waals surface area contributed by atoms with Crippen LogP contribution in [0.5, 0.6) is 0 Å². The van der Waals surface area contributed by atoms with Gasteiger partial charge in [-0.2, -0.15) is 5.10 Å². The average Bonchev–Trinajstić information content (AvgIpc) is 2.68. The van der Waals surface area contributed by atoms with Gasteiger partial charge in [-0.3, -0.25) is 9.89 Å². The van der Waals surface area contributed by atoms with Crippen LogP contribution >= 0.6 is 0 Å². The van der Waals surface area contributed by atoms with E-state index in [9.17, 15) is 4.79 Å². The Labute approximate surface area is 83.1 Å². The molecule has 0 bridgehead atoms. The molecule has 0 saturated heterocycles. The van der Waals surface area contributed by atoms with E-state index in [-0.39, 0.29) is 5.78 Å². The molecule has 1 fully saturated rings. The van der Waals surface area contributed by atoms with Crippen LogP contribution in [0.3, 0.4) is 0 Å². The Morgan fingerprint density at radius 2 is 2.07 bits per heavy atom. The molecule has 0 spiro atoms. The fourth-order valence-electron chi connectivity index (χ4n) is 1.99. The summed E-state index contributed by atoms with van der Waals surface area (Å²) in [5.74, 6) is 1.65. The highest BCUT2D eigenvalue weighted by molar-refractivity contribution is 5.90. The van der Waals surface area contributed by atoms with E-state index in [2.05, 4.69) is 15.2 Å². The largest absolute Gasteiger partial charge is 0.291 e. The quantitative estimate of drug-likeness (QED) is 0.731. The van der Waals surface area contributed by atoms with Crippen LogP contribution in [-0.4, -0.2) is 21.0 Å². The first-order valence-electron chi connectivity index (χ1n) is 5.20. The SMILES string of the molecule is CC(=O)c1n[nH]c(C2CCCCC2)n1. The van der Waals surface area contributed by atoms with E-state index in [0.29, 0.717) is 11.7 Å². The number of rotatable bonds is 2. The van der Waals surface area contributed by atoms with Gasteiger partial charge in [0, 0.05) is 12.8 Å². The topological polar surface area (TPSA) is 58.6 Å². The van der Waals surface area contributed by atoms with Crippen molar-refractivity contribution < 1.29 is 4.79 Å². The number of hydrogen-bond donors (Lipinski definition) is 1. The van der Waals surface area contributed by atoms with Crippen LogP contribution < -0.4 is 0 Å². The summed E-state index contributed by atoms with van der Waals surface area (Å²) >= 11 is 0. The second kappa shape index (κ2) is 3.90. The van der Waals surface area contributed by atoms with Crippen molar-refractivity contribution in [3.63, 3.8) is 0 Å². The lowest BCUT2D eigenvalue weighted by Gasteiger charge is -2.18. The molecule has 1 aromatic rings. The van der Waals surface area contributed by atoms with Gasteiger partial charge in [-0.25, -0.2) is 4.98 Å². The zero-order chi connectivity index (χ0) is 9.97. The van der Waals surface area contributed by atoms with Gasteiger partial charge >= 0.3 is 0 Å². The number of aromatic nitrogens is 3. The van der Waals surface area contributed by atoms with E-state index < -0.39 is 0 Å². The highest BCUT2D eigenvalue weighted by atomic mass is 16.1. The summed E-state index contributed by atoms with van der Waals surface area (Å²) in [7, 11) is 0. The van der Waals surface area contributed by atoms with Crippen LogP contribution in [0, 0.1) is 0 Å². The van der Waals surface area contributed by atoms with E-state index in [1.165, 1.54) is 39.0 Å². The number of hydrogen-bond acceptors (Lipinski definition) is 3. The van der Waals surface area contributed by atoms with E-state index in [1.807, 2.05) is 0 Å². The summed E-state index contributed by atoms with van der Waals surface area (Å²) in [6, 6.07) is 0. The first kappa shape index (κ1) is 9.37. The molecule has 76 valence electrons. The molecule has 0 aliphatic heterocycles. The highest BCUT2D eigenvalue weighted by Crippen LogP contribution is 2.30. The molecule has 1 aromatic heterocycles. The van der Waals surface area contributed by atoms with Gasteiger partial charge in [-0.1, -0.05) is 19.3 Å². The Balaban J connectivity index is 2.11. The third-order valence-corrected chi connectivity index (χ3v) is 2.81. The molecule has 1 saturated carbocycles. The van der Waals surface area contributed by atoms with Gasteiger partial charge in [0.05, 0.1) is 0 Å². The molecular weight excluding hydrogens is 178 g/mol. The minimum Gasteiger partial charge on any atom is -0.291 e. The lowest BCUT2D eigenvalue weighted by molar-refractivity contribution is 0.100. The molecule has 1 aliphatic carbocycles. The monoisotopic (exact) mass is 193 g/mol. The van der Waals surface area contributed by atoms with Crippen molar-refractivity contribution in [1.29, 1.82) is 0 Å². The Hall–Kier alpha value is -1.19. The molecule has 0 aromatic carbocycles. The number of carbonyl (C=O) groups excluding carboxylic acids is 1. The Bertz CT molecular complexity index is 326. The third-order valence-electron chi connectivity index (χ3n) is 2.81. The average molecular weight is 193 g/mol. The molecule has 0 amide bonds. The van der Waals surface area contributed by atoms with Crippen LogP contribution in [0.25, 0.3) is 0 Å². The summed E-state index contributed by atoms with van der Waals surface area (Å²) < 4.78 is 0. The predicted octanol–water partition coefficient (Wildman–Crippen LogP) is 2.05. The maximum absolute atomic E-state index is 11.0. The number of carbonyl (C=O) groups is 1. The van der Waals surface area contributed by atoms with Crippen molar-refractivity contribution in [3.05, 3.63) is 11.6 Å². The maximum atomic E-state index is 11.0. The fourth-order valence-corrected chi connectivity index (χ4v) is 1.99. The van der Waals surface area contributed by atoms with Crippen molar-refractivity contribution in [2.45, 2.75) is 44.9 Å². The van der Waals surface area contributed by atoms with Crippen LogP contribution in [0.4, 0.5) is 0 Å². The van der Waals surface area contributed by atoms with E-state index >= 15 is 0 Å². The molecular formula is C10H15N3O. The van der Waals surface area contributed by atoms with Gasteiger partial charge in [0.1, 0.15) is 5.82 Å². The molecule has 14 heavy (non-hydrogen) atoms. The van der Waals surface area contributed by atoms with Crippen molar-refractivity contribution in [2.24, 2.45) is 0 Å².